The molecule has 2 aromatic rings. The number of hydrogen-bond acceptors (Lipinski definition) is 5. The smallest absolute Gasteiger partial charge is 0.212 e. The summed E-state index contributed by atoms with van der Waals surface area (Å²) in [7, 11) is 0. The third-order valence-electron chi connectivity index (χ3n) is 4.52. The molecule has 7 nitrogen and oxygen atoms in total. The maximum Gasteiger partial charge on any atom is 0.212 e. The van der Waals surface area contributed by atoms with Crippen LogP contribution in [0.4, 0.5) is 11.4 Å². The molecule has 1 aliphatic rings. The van der Waals surface area contributed by atoms with Crippen molar-refractivity contribution < 1.29 is 5.11 Å². The minimum absolute atomic E-state index is 0.221. The van der Waals surface area contributed by atoms with Gasteiger partial charge in [-0.25, -0.2) is 0 Å². The van der Waals surface area contributed by atoms with Crippen LogP contribution >= 0.6 is 0 Å². The highest BCUT2D eigenvalue weighted by Gasteiger charge is 2.41. The first kappa shape index (κ1) is 18.2. The van der Waals surface area contributed by atoms with Crippen LogP contribution in [0.15, 0.2) is 53.5 Å². The van der Waals surface area contributed by atoms with Crippen LogP contribution in [-0.2, 0) is 0 Å². The Morgan fingerprint density at radius 1 is 1.19 bits per heavy atom. The van der Waals surface area contributed by atoms with Crippen molar-refractivity contribution in [3.63, 3.8) is 0 Å². The molecule has 4 N–H and O–H groups in total. The molecular weight excluding hydrogens is 340 g/mol. The van der Waals surface area contributed by atoms with Gasteiger partial charge in [0.2, 0.25) is 12.2 Å². The average molecular weight is 360 g/mol. The van der Waals surface area contributed by atoms with E-state index in [2.05, 4.69) is 27.0 Å². The van der Waals surface area contributed by atoms with Crippen LogP contribution in [0.25, 0.3) is 0 Å². The Labute approximate surface area is 158 Å². The van der Waals surface area contributed by atoms with E-state index in [4.69, 9.17) is 5.26 Å². The standard InChI is InChI=1S/C20H20N6O/c1-20(2)18(27)17(15-10-13(11-21)8-9-16(15)26-20)25-19(23-12-22)24-14-6-4-3-5-7-14/h3-10,17-18,26-27H,1-2H3,(H2,23,24,25)/t17-,18+/m1/s1. The Hall–Kier alpha value is -3.55. The molecule has 0 saturated heterocycles. The third-order valence-corrected chi connectivity index (χ3v) is 4.52. The molecule has 0 amide bonds. The maximum absolute atomic E-state index is 10.9. The molecule has 0 aliphatic carbocycles. The van der Waals surface area contributed by atoms with Gasteiger partial charge in [-0.3, -0.25) is 0 Å². The lowest BCUT2D eigenvalue weighted by Gasteiger charge is -2.43. The Kier molecular flexibility index (Phi) is 4.98. The summed E-state index contributed by atoms with van der Waals surface area (Å²) in [5.41, 5.74) is 2.18. The van der Waals surface area contributed by atoms with Gasteiger partial charge in [-0.2, -0.15) is 10.5 Å². The lowest BCUT2D eigenvalue weighted by Crippen LogP contribution is -2.55. The number of aliphatic hydroxyl groups excluding tert-OH is 1. The first-order valence-corrected chi connectivity index (χ1v) is 8.50. The van der Waals surface area contributed by atoms with Gasteiger partial charge in [-0.1, -0.05) is 18.2 Å². The number of rotatable bonds is 2. The fraction of sp³-hybridized carbons (Fsp3) is 0.250. The Bertz CT molecular complexity index is 939. The minimum Gasteiger partial charge on any atom is -0.388 e. The molecule has 7 heteroatoms. The molecule has 27 heavy (non-hydrogen) atoms. The third kappa shape index (κ3) is 3.84. The van der Waals surface area contributed by atoms with Gasteiger partial charge < -0.3 is 21.1 Å². The van der Waals surface area contributed by atoms with Crippen molar-refractivity contribution in [1.29, 1.82) is 10.5 Å². The van der Waals surface area contributed by atoms with Crippen LogP contribution in [-0.4, -0.2) is 22.7 Å². The molecule has 2 aromatic carbocycles. The molecule has 1 heterocycles. The van der Waals surface area contributed by atoms with Gasteiger partial charge in [0.15, 0.2) is 0 Å². The second-order valence-electron chi connectivity index (χ2n) is 6.88. The summed E-state index contributed by atoms with van der Waals surface area (Å²) >= 11 is 0. The molecule has 0 bridgehead atoms. The highest BCUT2D eigenvalue weighted by molar-refractivity contribution is 5.94. The fourth-order valence-electron chi connectivity index (χ4n) is 3.12. The van der Waals surface area contributed by atoms with Gasteiger partial charge in [-0.05, 0) is 44.2 Å². The van der Waals surface area contributed by atoms with Crippen LogP contribution in [0.2, 0.25) is 0 Å². The van der Waals surface area contributed by atoms with E-state index in [0.29, 0.717) is 5.56 Å². The molecule has 0 radical (unpaired) electrons. The van der Waals surface area contributed by atoms with E-state index in [-0.39, 0.29) is 5.96 Å². The molecule has 0 unspecified atom stereocenters. The predicted octanol–water partition coefficient (Wildman–Crippen LogP) is 2.70. The van der Waals surface area contributed by atoms with E-state index >= 15 is 0 Å². The van der Waals surface area contributed by atoms with Crippen LogP contribution in [0.3, 0.4) is 0 Å². The van der Waals surface area contributed by atoms with Gasteiger partial charge in [-0.15, -0.1) is 4.99 Å². The number of nitriles is 2. The monoisotopic (exact) mass is 360 g/mol. The molecule has 2 atom stereocenters. The van der Waals surface area contributed by atoms with Crippen LogP contribution in [0.1, 0.15) is 31.0 Å². The zero-order valence-electron chi connectivity index (χ0n) is 15.1. The fourth-order valence-corrected chi connectivity index (χ4v) is 3.12. The molecule has 0 spiro atoms. The number of nitrogens with one attached hydrogen (secondary N) is 3. The molecular formula is C20H20N6O. The number of anilines is 2. The maximum atomic E-state index is 10.9. The second-order valence-corrected chi connectivity index (χ2v) is 6.88. The van der Waals surface area contributed by atoms with E-state index in [1.165, 1.54) is 0 Å². The van der Waals surface area contributed by atoms with Crippen molar-refractivity contribution in [2.45, 2.75) is 31.5 Å². The molecule has 0 aromatic heterocycles. The van der Waals surface area contributed by atoms with Gasteiger partial charge >= 0.3 is 0 Å². The van der Waals surface area contributed by atoms with Crippen LogP contribution < -0.4 is 16.0 Å². The number of fused-ring (bicyclic) bond motifs is 1. The molecule has 0 saturated carbocycles. The van der Waals surface area contributed by atoms with Gasteiger partial charge in [0.05, 0.1) is 23.2 Å². The summed E-state index contributed by atoms with van der Waals surface area (Å²) in [5.74, 6) is 0.221. The van der Waals surface area contributed by atoms with Gasteiger partial charge in [0.1, 0.15) is 6.10 Å². The lowest BCUT2D eigenvalue weighted by molar-refractivity contribution is 0.0758. The summed E-state index contributed by atoms with van der Waals surface area (Å²) in [6.45, 7) is 3.78. The van der Waals surface area contributed by atoms with Crippen molar-refractivity contribution >= 4 is 17.3 Å². The highest BCUT2D eigenvalue weighted by atomic mass is 16.3. The van der Waals surface area contributed by atoms with Crippen molar-refractivity contribution in [2.24, 2.45) is 4.99 Å². The van der Waals surface area contributed by atoms with Crippen molar-refractivity contribution in [3.8, 4) is 12.3 Å². The molecule has 136 valence electrons. The number of aliphatic hydroxyl groups is 1. The van der Waals surface area contributed by atoms with E-state index in [1.54, 1.807) is 18.3 Å². The van der Waals surface area contributed by atoms with Crippen molar-refractivity contribution in [2.75, 3.05) is 10.6 Å². The van der Waals surface area contributed by atoms with E-state index in [1.807, 2.05) is 50.2 Å². The molecule has 0 fully saturated rings. The Morgan fingerprint density at radius 2 is 1.93 bits per heavy atom. The zero-order valence-corrected chi connectivity index (χ0v) is 15.1. The van der Waals surface area contributed by atoms with E-state index < -0.39 is 17.7 Å². The first-order chi connectivity index (χ1) is 12.9. The lowest BCUT2D eigenvalue weighted by atomic mass is 9.82. The summed E-state index contributed by atoms with van der Waals surface area (Å²) in [4.78, 5) is 3.81. The SMILES string of the molecule is CC1(C)Nc2ccc(C#N)cc2[C@@H](NC(=NC#N)Nc2ccccc2)[C@@H]1O. The number of hydrogen-bond donors (Lipinski definition) is 4. The number of nitrogens with zero attached hydrogens (tertiary/aromatic N) is 3. The molecule has 1 aliphatic heterocycles. The number of guanidine groups is 1. The van der Waals surface area contributed by atoms with Crippen LogP contribution in [0.5, 0.6) is 0 Å². The summed E-state index contributed by atoms with van der Waals surface area (Å²) < 4.78 is 0. The average Bonchev–Trinajstić information content (AvgIpc) is 2.66. The Morgan fingerprint density at radius 3 is 2.59 bits per heavy atom. The number of para-hydroxylation sites is 1. The highest BCUT2D eigenvalue weighted by Crippen LogP contribution is 2.38. The normalized spacial score (nSPS) is 20.4. The quantitative estimate of drug-likeness (QED) is 0.372. The molecule has 3 rings (SSSR count). The predicted molar refractivity (Wildman–Crippen MR) is 104 cm³/mol. The van der Waals surface area contributed by atoms with Crippen LogP contribution in [0, 0.1) is 22.8 Å². The number of benzene rings is 2. The summed E-state index contributed by atoms with van der Waals surface area (Å²) in [5, 5.41) is 38.7. The minimum atomic E-state index is -0.833. The summed E-state index contributed by atoms with van der Waals surface area (Å²) in [6.07, 6.45) is 0.940. The van der Waals surface area contributed by atoms with Gasteiger partial charge in [0, 0.05) is 16.9 Å². The van der Waals surface area contributed by atoms with Crippen molar-refractivity contribution in [3.05, 3.63) is 59.7 Å². The van der Waals surface area contributed by atoms with Gasteiger partial charge in [0.25, 0.3) is 0 Å². The topological polar surface area (TPSA) is 116 Å². The first-order valence-electron chi connectivity index (χ1n) is 8.50. The summed E-state index contributed by atoms with van der Waals surface area (Å²) in [6, 6.07) is 16.1. The van der Waals surface area contributed by atoms with E-state index in [9.17, 15) is 10.4 Å². The number of aliphatic imine (C=N–C) groups is 1. The van der Waals surface area contributed by atoms with Crippen molar-refractivity contribution in [1.82, 2.24) is 5.32 Å². The van der Waals surface area contributed by atoms with E-state index in [0.717, 1.165) is 16.9 Å². The Balaban J connectivity index is 1.97. The largest absolute Gasteiger partial charge is 0.388 e. The zero-order chi connectivity index (χ0) is 19.4. The second kappa shape index (κ2) is 7.36.